The Labute approximate surface area is 123 Å². The second kappa shape index (κ2) is 7.39. The molecule has 1 N–H and O–H groups in total. The number of halogens is 1. The third-order valence-corrected chi connectivity index (χ3v) is 4.15. The fourth-order valence-corrected chi connectivity index (χ4v) is 2.79. The van der Waals surface area contributed by atoms with Gasteiger partial charge in [0, 0.05) is 30.7 Å². The van der Waals surface area contributed by atoms with Crippen molar-refractivity contribution in [2.24, 2.45) is 0 Å². The van der Waals surface area contributed by atoms with Crippen molar-refractivity contribution >= 4 is 15.9 Å². The SMILES string of the molecule is CCOC1CCN(C[C@H](O)c2ccc(Br)cc2)CC1. The fraction of sp³-hybridized carbons (Fsp3) is 0.600. The van der Waals surface area contributed by atoms with Gasteiger partial charge in [-0.3, -0.25) is 0 Å². The lowest BCUT2D eigenvalue weighted by atomic mass is 10.1. The van der Waals surface area contributed by atoms with Crippen LogP contribution in [0.5, 0.6) is 0 Å². The summed E-state index contributed by atoms with van der Waals surface area (Å²) in [5.41, 5.74) is 0.982. The van der Waals surface area contributed by atoms with Crippen molar-refractivity contribution < 1.29 is 9.84 Å². The molecule has 0 aliphatic carbocycles. The van der Waals surface area contributed by atoms with E-state index in [-0.39, 0.29) is 0 Å². The summed E-state index contributed by atoms with van der Waals surface area (Å²) in [6.07, 6.45) is 2.14. The predicted molar refractivity (Wildman–Crippen MR) is 80.2 cm³/mol. The van der Waals surface area contributed by atoms with E-state index in [1.54, 1.807) is 0 Å². The molecule has 0 saturated carbocycles. The molecule has 1 heterocycles. The third kappa shape index (κ3) is 4.56. The summed E-state index contributed by atoms with van der Waals surface area (Å²) in [6, 6.07) is 7.89. The van der Waals surface area contributed by atoms with E-state index in [2.05, 4.69) is 20.8 Å². The maximum absolute atomic E-state index is 10.2. The topological polar surface area (TPSA) is 32.7 Å². The van der Waals surface area contributed by atoms with Crippen molar-refractivity contribution in [2.45, 2.75) is 32.0 Å². The summed E-state index contributed by atoms with van der Waals surface area (Å²) in [5.74, 6) is 0. The molecular weight excluding hydrogens is 306 g/mol. The highest BCUT2D eigenvalue weighted by atomic mass is 79.9. The molecule has 3 nitrogen and oxygen atoms in total. The van der Waals surface area contributed by atoms with Gasteiger partial charge < -0.3 is 14.7 Å². The van der Waals surface area contributed by atoms with Crippen LogP contribution < -0.4 is 0 Å². The maximum atomic E-state index is 10.2. The van der Waals surface area contributed by atoms with E-state index in [4.69, 9.17) is 4.74 Å². The first-order valence-corrected chi connectivity index (χ1v) is 7.76. The molecule has 19 heavy (non-hydrogen) atoms. The van der Waals surface area contributed by atoms with Crippen molar-refractivity contribution in [3.05, 3.63) is 34.3 Å². The first-order chi connectivity index (χ1) is 9.19. The van der Waals surface area contributed by atoms with Gasteiger partial charge in [-0.05, 0) is 37.5 Å². The van der Waals surface area contributed by atoms with E-state index in [1.807, 2.05) is 31.2 Å². The first-order valence-electron chi connectivity index (χ1n) is 6.96. The molecule has 1 atom stereocenters. The van der Waals surface area contributed by atoms with Crippen LogP contribution in [0.3, 0.4) is 0 Å². The molecule has 0 amide bonds. The molecule has 1 saturated heterocycles. The zero-order valence-electron chi connectivity index (χ0n) is 11.4. The predicted octanol–water partition coefficient (Wildman–Crippen LogP) is 2.98. The number of benzene rings is 1. The minimum atomic E-state index is -0.406. The van der Waals surface area contributed by atoms with Gasteiger partial charge in [0.2, 0.25) is 0 Å². The molecule has 1 aromatic carbocycles. The number of likely N-dealkylation sites (tertiary alicyclic amines) is 1. The molecule has 4 heteroatoms. The van der Waals surface area contributed by atoms with Gasteiger partial charge in [0.15, 0.2) is 0 Å². The molecule has 0 radical (unpaired) electrons. The highest BCUT2D eigenvalue weighted by Crippen LogP contribution is 2.20. The second-order valence-electron chi connectivity index (χ2n) is 5.02. The van der Waals surface area contributed by atoms with E-state index in [0.717, 1.165) is 42.6 Å². The van der Waals surface area contributed by atoms with Gasteiger partial charge >= 0.3 is 0 Å². The average Bonchev–Trinajstić information content (AvgIpc) is 2.42. The van der Waals surface area contributed by atoms with E-state index in [9.17, 15) is 5.11 Å². The molecule has 0 bridgehead atoms. The first kappa shape index (κ1) is 15.0. The smallest absolute Gasteiger partial charge is 0.0916 e. The van der Waals surface area contributed by atoms with Crippen LogP contribution in [0.15, 0.2) is 28.7 Å². The van der Waals surface area contributed by atoms with E-state index < -0.39 is 6.10 Å². The van der Waals surface area contributed by atoms with Gasteiger partial charge in [0.1, 0.15) is 0 Å². The lowest BCUT2D eigenvalue weighted by Crippen LogP contribution is -2.39. The second-order valence-corrected chi connectivity index (χ2v) is 5.94. The number of aliphatic hydroxyl groups excluding tert-OH is 1. The summed E-state index contributed by atoms with van der Waals surface area (Å²) in [6.45, 7) is 5.58. The minimum absolute atomic E-state index is 0.406. The molecule has 1 aliphatic rings. The Morgan fingerprint density at radius 2 is 1.95 bits per heavy atom. The van der Waals surface area contributed by atoms with Gasteiger partial charge in [-0.25, -0.2) is 0 Å². The lowest BCUT2D eigenvalue weighted by Gasteiger charge is -2.33. The molecule has 2 rings (SSSR count). The molecule has 0 aromatic heterocycles. The molecule has 0 spiro atoms. The van der Waals surface area contributed by atoms with E-state index in [1.165, 1.54) is 0 Å². The van der Waals surface area contributed by atoms with Crippen LogP contribution in [-0.2, 0) is 4.74 Å². The van der Waals surface area contributed by atoms with E-state index >= 15 is 0 Å². The molecule has 0 unspecified atom stereocenters. The van der Waals surface area contributed by atoms with Crippen molar-refractivity contribution in [1.29, 1.82) is 0 Å². The molecule has 1 aromatic rings. The summed E-state index contributed by atoms with van der Waals surface area (Å²) >= 11 is 3.41. The summed E-state index contributed by atoms with van der Waals surface area (Å²) in [4.78, 5) is 2.32. The number of hydrogen-bond donors (Lipinski definition) is 1. The van der Waals surface area contributed by atoms with Gasteiger partial charge in [0.05, 0.1) is 12.2 Å². The zero-order valence-corrected chi connectivity index (χ0v) is 13.0. The highest BCUT2D eigenvalue weighted by molar-refractivity contribution is 9.10. The van der Waals surface area contributed by atoms with Crippen LogP contribution >= 0.6 is 15.9 Å². The fourth-order valence-electron chi connectivity index (χ4n) is 2.53. The number of rotatable bonds is 5. The van der Waals surface area contributed by atoms with Crippen LogP contribution in [0.2, 0.25) is 0 Å². The average molecular weight is 328 g/mol. The summed E-state index contributed by atoms with van der Waals surface area (Å²) < 4.78 is 6.68. The Morgan fingerprint density at radius 3 is 2.53 bits per heavy atom. The van der Waals surface area contributed by atoms with Gasteiger partial charge in [-0.1, -0.05) is 28.1 Å². The normalized spacial score (nSPS) is 19.5. The van der Waals surface area contributed by atoms with Crippen molar-refractivity contribution in [3.8, 4) is 0 Å². The monoisotopic (exact) mass is 327 g/mol. The van der Waals surface area contributed by atoms with E-state index in [0.29, 0.717) is 12.6 Å². The molecular formula is C15H22BrNO2. The largest absolute Gasteiger partial charge is 0.387 e. The Hall–Kier alpha value is -0.420. The summed E-state index contributed by atoms with van der Waals surface area (Å²) in [7, 11) is 0. The number of β-amino-alcohol motifs (C(OH)–C–C–N with tert-alkyl or cyclic N) is 1. The number of piperidine rings is 1. The van der Waals surface area contributed by atoms with Gasteiger partial charge in [0.25, 0.3) is 0 Å². The van der Waals surface area contributed by atoms with Crippen LogP contribution in [0, 0.1) is 0 Å². The third-order valence-electron chi connectivity index (χ3n) is 3.62. The quantitative estimate of drug-likeness (QED) is 0.902. The number of ether oxygens (including phenoxy) is 1. The number of nitrogens with zero attached hydrogens (tertiary/aromatic N) is 1. The van der Waals surface area contributed by atoms with Crippen LogP contribution in [0.25, 0.3) is 0 Å². The van der Waals surface area contributed by atoms with Crippen LogP contribution in [0.4, 0.5) is 0 Å². The van der Waals surface area contributed by atoms with Gasteiger partial charge in [-0.15, -0.1) is 0 Å². The summed E-state index contributed by atoms with van der Waals surface area (Å²) in [5, 5.41) is 10.2. The Balaban J connectivity index is 1.80. The Bertz CT molecular complexity index is 374. The van der Waals surface area contributed by atoms with Gasteiger partial charge in [-0.2, -0.15) is 0 Å². The molecule has 106 valence electrons. The lowest BCUT2D eigenvalue weighted by molar-refractivity contribution is 0.00328. The van der Waals surface area contributed by atoms with Crippen molar-refractivity contribution in [3.63, 3.8) is 0 Å². The standard InChI is InChI=1S/C15H22BrNO2/c1-2-19-14-7-9-17(10-8-14)11-15(18)12-3-5-13(16)6-4-12/h3-6,14-15,18H,2,7-11H2,1H3/t15-/m0/s1. The minimum Gasteiger partial charge on any atom is -0.387 e. The highest BCUT2D eigenvalue weighted by Gasteiger charge is 2.21. The zero-order chi connectivity index (χ0) is 13.7. The Morgan fingerprint density at radius 1 is 1.32 bits per heavy atom. The van der Waals surface area contributed by atoms with Crippen LogP contribution in [0.1, 0.15) is 31.4 Å². The number of aliphatic hydroxyl groups is 1. The van der Waals surface area contributed by atoms with Crippen molar-refractivity contribution in [2.75, 3.05) is 26.2 Å². The Kier molecular flexibility index (Phi) is 5.82. The number of hydrogen-bond acceptors (Lipinski definition) is 3. The van der Waals surface area contributed by atoms with Crippen LogP contribution in [-0.4, -0.2) is 42.4 Å². The molecule has 1 aliphatic heterocycles. The molecule has 1 fully saturated rings. The van der Waals surface area contributed by atoms with Crippen molar-refractivity contribution in [1.82, 2.24) is 4.90 Å². The maximum Gasteiger partial charge on any atom is 0.0916 e.